The first-order valence-corrected chi connectivity index (χ1v) is 12.6. The monoisotopic (exact) mass is 469 g/mol. The number of anilines is 1. The van der Waals surface area contributed by atoms with E-state index in [1.807, 2.05) is 18.2 Å². The van der Waals surface area contributed by atoms with Crippen LogP contribution in [0.4, 0.5) is 11.4 Å². The van der Waals surface area contributed by atoms with Crippen molar-refractivity contribution >= 4 is 38.7 Å². The molecule has 8 heteroatoms. The quantitative estimate of drug-likeness (QED) is 0.535. The summed E-state index contributed by atoms with van der Waals surface area (Å²) >= 11 is 6.46. The van der Waals surface area contributed by atoms with Gasteiger partial charge in [0, 0.05) is 48.9 Å². The fraction of sp³-hybridized carbons (Fsp3) is 0.292. The molecule has 6 nitrogen and oxygen atoms in total. The molecule has 0 spiro atoms. The van der Waals surface area contributed by atoms with Gasteiger partial charge in [-0.3, -0.25) is 4.99 Å². The third-order valence-electron chi connectivity index (χ3n) is 5.99. The Kier molecular flexibility index (Phi) is 5.80. The Morgan fingerprint density at radius 3 is 2.72 bits per heavy atom. The Hall–Kier alpha value is -2.61. The summed E-state index contributed by atoms with van der Waals surface area (Å²) in [6.45, 7) is 2.40. The molecule has 1 fully saturated rings. The van der Waals surface area contributed by atoms with Crippen molar-refractivity contribution in [3.05, 3.63) is 76.7 Å². The average molecular weight is 470 g/mol. The van der Waals surface area contributed by atoms with Gasteiger partial charge in [-0.25, -0.2) is 13.1 Å². The number of rotatable bonds is 7. The van der Waals surface area contributed by atoms with Gasteiger partial charge >= 0.3 is 0 Å². The third kappa shape index (κ3) is 4.46. The molecule has 1 N–H and O–H groups in total. The molecule has 0 bridgehead atoms. The summed E-state index contributed by atoms with van der Waals surface area (Å²) < 4.78 is 32.1. The first-order chi connectivity index (χ1) is 15.5. The number of sulfonamides is 1. The lowest BCUT2D eigenvalue weighted by Gasteiger charge is -2.17. The summed E-state index contributed by atoms with van der Waals surface area (Å²) in [5.41, 5.74) is 6.38. The SMILES string of the molecule is O=S(=O)(NCc1ccc(Cl)c(CC2=Nc3cc(N4CCCC4)ccc3C2)c1)c1ccoc1. The van der Waals surface area contributed by atoms with Crippen molar-refractivity contribution in [2.75, 3.05) is 18.0 Å². The maximum absolute atomic E-state index is 12.3. The third-order valence-corrected chi connectivity index (χ3v) is 7.74. The van der Waals surface area contributed by atoms with Crippen LogP contribution in [0.1, 0.15) is 29.5 Å². The molecule has 0 unspecified atom stereocenters. The number of fused-ring (bicyclic) bond motifs is 1. The lowest BCUT2D eigenvalue weighted by molar-refractivity contribution is 0.553. The Labute approximate surface area is 193 Å². The molecular weight excluding hydrogens is 446 g/mol. The molecule has 0 saturated carbocycles. The van der Waals surface area contributed by atoms with Crippen molar-refractivity contribution in [3.8, 4) is 0 Å². The topological polar surface area (TPSA) is 74.9 Å². The predicted molar refractivity (Wildman–Crippen MR) is 127 cm³/mol. The van der Waals surface area contributed by atoms with Gasteiger partial charge in [0.05, 0.1) is 12.0 Å². The summed E-state index contributed by atoms with van der Waals surface area (Å²) in [4.78, 5) is 7.40. The fourth-order valence-electron chi connectivity index (χ4n) is 4.27. The molecule has 2 aliphatic heterocycles. The van der Waals surface area contributed by atoms with Crippen LogP contribution in [0, 0.1) is 0 Å². The van der Waals surface area contributed by atoms with E-state index in [1.54, 1.807) is 0 Å². The second-order valence-corrected chi connectivity index (χ2v) is 10.4. The van der Waals surface area contributed by atoms with Gasteiger partial charge in [0.15, 0.2) is 0 Å². The smallest absolute Gasteiger partial charge is 0.244 e. The second kappa shape index (κ2) is 8.73. The van der Waals surface area contributed by atoms with E-state index in [9.17, 15) is 8.42 Å². The summed E-state index contributed by atoms with van der Waals surface area (Å²) in [6, 6.07) is 13.6. The summed E-state index contributed by atoms with van der Waals surface area (Å²) in [6.07, 6.45) is 6.49. The first-order valence-electron chi connectivity index (χ1n) is 10.7. The molecule has 5 rings (SSSR count). The van der Waals surface area contributed by atoms with Crippen LogP contribution in [0.15, 0.2) is 69.3 Å². The Morgan fingerprint density at radius 2 is 1.94 bits per heavy atom. The highest BCUT2D eigenvalue weighted by Gasteiger charge is 2.20. The van der Waals surface area contributed by atoms with Crippen molar-refractivity contribution in [2.24, 2.45) is 4.99 Å². The average Bonchev–Trinajstić information content (AvgIpc) is 3.55. The van der Waals surface area contributed by atoms with Crippen LogP contribution in [0.2, 0.25) is 5.02 Å². The number of aliphatic imine (C=N–C) groups is 1. The highest BCUT2D eigenvalue weighted by atomic mass is 35.5. The van der Waals surface area contributed by atoms with E-state index in [-0.39, 0.29) is 11.4 Å². The molecule has 1 aromatic heterocycles. The number of halogens is 1. The first kappa shape index (κ1) is 21.2. The molecule has 0 aliphatic carbocycles. The lowest BCUT2D eigenvalue weighted by Crippen LogP contribution is -2.22. The second-order valence-electron chi connectivity index (χ2n) is 8.25. The van der Waals surface area contributed by atoms with Crippen molar-refractivity contribution in [1.29, 1.82) is 0 Å². The standard InChI is InChI=1S/C24H24ClN3O3S/c25-23-6-3-17(15-26-32(29,30)22-7-10-31-16-22)11-19(23)13-20-12-18-4-5-21(14-24(18)27-20)28-8-1-2-9-28/h3-7,10-11,14,16,26H,1-2,8-9,12-13,15H2. The Morgan fingerprint density at radius 1 is 1.09 bits per heavy atom. The zero-order chi connectivity index (χ0) is 22.1. The van der Waals surface area contributed by atoms with Gasteiger partial charge < -0.3 is 9.32 Å². The fourth-order valence-corrected chi connectivity index (χ4v) is 5.39. The number of hydrogen-bond acceptors (Lipinski definition) is 5. The summed E-state index contributed by atoms with van der Waals surface area (Å²) in [5, 5.41) is 0.655. The Balaban J connectivity index is 1.29. The molecule has 1 saturated heterocycles. The van der Waals surface area contributed by atoms with Gasteiger partial charge in [-0.1, -0.05) is 29.8 Å². The maximum Gasteiger partial charge on any atom is 0.244 e. The molecule has 0 amide bonds. The van der Waals surface area contributed by atoms with Crippen LogP contribution in [0.25, 0.3) is 0 Å². The highest BCUT2D eigenvalue weighted by molar-refractivity contribution is 7.89. The molecule has 32 heavy (non-hydrogen) atoms. The van der Waals surface area contributed by atoms with Crippen molar-refractivity contribution in [1.82, 2.24) is 4.72 Å². The van der Waals surface area contributed by atoms with Crippen LogP contribution in [-0.2, 0) is 29.4 Å². The predicted octanol–water partition coefficient (Wildman–Crippen LogP) is 4.88. The molecular formula is C24H24ClN3O3S. The van der Waals surface area contributed by atoms with Crippen molar-refractivity contribution in [3.63, 3.8) is 0 Å². The van der Waals surface area contributed by atoms with Crippen LogP contribution in [0.3, 0.4) is 0 Å². The van der Waals surface area contributed by atoms with E-state index in [0.29, 0.717) is 11.4 Å². The molecule has 3 heterocycles. The summed E-state index contributed by atoms with van der Waals surface area (Å²) in [7, 11) is -3.61. The van der Waals surface area contributed by atoms with Gasteiger partial charge in [-0.05, 0) is 53.8 Å². The zero-order valence-corrected chi connectivity index (χ0v) is 19.1. The van der Waals surface area contributed by atoms with Crippen LogP contribution < -0.4 is 9.62 Å². The minimum Gasteiger partial charge on any atom is -0.471 e. The number of nitrogens with one attached hydrogen (secondary N) is 1. The maximum atomic E-state index is 12.3. The number of furan rings is 1. The van der Waals surface area contributed by atoms with Gasteiger partial charge in [0.1, 0.15) is 11.2 Å². The number of benzene rings is 2. The lowest BCUT2D eigenvalue weighted by atomic mass is 10.0. The largest absolute Gasteiger partial charge is 0.471 e. The normalized spacial score (nSPS) is 15.8. The van der Waals surface area contributed by atoms with Gasteiger partial charge in [-0.15, -0.1) is 0 Å². The van der Waals surface area contributed by atoms with E-state index in [2.05, 4.69) is 27.8 Å². The minimum absolute atomic E-state index is 0.109. The number of hydrogen-bond donors (Lipinski definition) is 1. The van der Waals surface area contributed by atoms with Gasteiger partial charge in [-0.2, -0.15) is 0 Å². The molecule has 2 aliphatic rings. The van der Waals surface area contributed by atoms with E-state index in [0.717, 1.165) is 42.0 Å². The van der Waals surface area contributed by atoms with Crippen molar-refractivity contribution < 1.29 is 12.8 Å². The zero-order valence-electron chi connectivity index (χ0n) is 17.6. The minimum atomic E-state index is -3.61. The van der Waals surface area contributed by atoms with E-state index in [1.165, 1.54) is 42.7 Å². The van der Waals surface area contributed by atoms with Crippen LogP contribution in [0.5, 0.6) is 0 Å². The van der Waals surface area contributed by atoms with Crippen LogP contribution >= 0.6 is 11.6 Å². The highest BCUT2D eigenvalue weighted by Crippen LogP contribution is 2.33. The number of nitrogens with zero attached hydrogens (tertiary/aromatic N) is 2. The van der Waals surface area contributed by atoms with E-state index < -0.39 is 10.0 Å². The van der Waals surface area contributed by atoms with Gasteiger partial charge in [0.2, 0.25) is 10.0 Å². The van der Waals surface area contributed by atoms with Gasteiger partial charge in [0.25, 0.3) is 0 Å². The summed E-state index contributed by atoms with van der Waals surface area (Å²) in [5.74, 6) is 0. The van der Waals surface area contributed by atoms with Crippen molar-refractivity contribution in [2.45, 2.75) is 37.1 Å². The molecule has 2 aromatic carbocycles. The molecule has 3 aromatic rings. The van der Waals surface area contributed by atoms with E-state index in [4.69, 9.17) is 21.0 Å². The van der Waals surface area contributed by atoms with E-state index >= 15 is 0 Å². The van der Waals surface area contributed by atoms with Crippen LogP contribution in [-0.4, -0.2) is 27.2 Å². The molecule has 0 atom stereocenters. The Bertz CT molecular complexity index is 1260. The molecule has 166 valence electrons. The molecule has 0 radical (unpaired) electrons.